The van der Waals surface area contributed by atoms with E-state index in [9.17, 15) is 4.79 Å². The van der Waals surface area contributed by atoms with E-state index in [1.54, 1.807) is 0 Å². The molecule has 0 atom stereocenters. The number of benzene rings is 1. The van der Waals surface area contributed by atoms with Gasteiger partial charge in [-0.1, -0.05) is 19.1 Å². The number of hydrogen-bond acceptors (Lipinski definition) is 2. The Balaban J connectivity index is 2.17. The molecule has 1 fully saturated rings. The van der Waals surface area contributed by atoms with Gasteiger partial charge in [0.2, 0.25) is 0 Å². The minimum atomic E-state index is 0.0816. The summed E-state index contributed by atoms with van der Waals surface area (Å²) in [4.78, 5) is 14.2. The zero-order valence-electron chi connectivity index (χ0n) is 10.6. The minimum absolute atomic E-state index is 0.0816. The third-order valence-corrected chi connectivity index (χ3v) is 3.63. The molecule has 92 valence electrons. The molecule has 0 saturated carbocycles. The summed E-state index contributed by atoms with van der Waals surface area (Å²) >= 11 is 0. The monoisotopic (exact) mass is 232 g/mol. The standard InChI is InChI=1S/C14H20N2O/c1-10-6-8-16(9-7-10)14(17)12-5-3-4-11(2)13(12)15/h3-5,10H,6-9,15H2,1-2H3. The number of anilines is 1. The van der Waals surface area contributed by atoms with Gasteiger partial charge in [0, 0.05) is 18.8 Å². The summed E-state index contributed by atoms with van der Waals surface area (Å²) in [5.41, 5.74) is 8.22. The summed E-state index contributed by atoms with van der Waals surface area (Å²) in [6.07, 6.45) is 2.19. The molecule has 1 aromatic rings. The highest BCUT2D eigenvalue weighted by Crippen LogP contribution is 2.22. The topological polar surface area (TPSA) is 46.3 Å². The van der Waals surface area contributed by atoms with Crippen LogP contribution in [0, 0.1) is 12.8 Å². The first-order valence-corrected chi connectivity index (χ1v) is 6.24. The number of carbonyl (C=O) groups excluding carboxylic acids is 1. The first-order valence-electron chi connectivity index (χ1n) is 6.24. The largest absolute Gasteiger partial charge is 0.398 e. The smallest absolute Gasteiger partial charge is 0.255 e. The summed E-state index contributed by atoms with van der Waals surface area (Å²) in [5.74, 6) is 0.812. The van der Waals surface area contributed by atoms with Gasteiger partial charge >= 0.3 is 0 Å². The first kappa shape index (κ1) is 12.0. The van der Waals surface area contributed by atoms with Crippen LogP contribution in [0.3, 0.4) is 0 Å². The number of likely N-dealkylation sites (tertiary alicyclic amines) is 1. The van der Waals surface area contributed by atoms with Crippen molar-refractivity contribution in [1.29, 1.82) is 0 Å². The van der Waals surface area contributed by atoms with E-state index in [1.165, 1.54) is 0 Å². The maximum Gasteiger partial charge on any atom is 0.255 e. The molecule has 0 unspecified atom stereocenters. The molecule has 1 saturated heterocycles. The van der Waals surface area contributed by atoms with Crippen molar-refractivity contribution >= 4 is 11.6 Å². The highest BCUT2D eigenvalue weighted by atomic mass is 16.2. The van der Waals surface area contributed by atoms with Gasteiger partial charge in [0.05, 0.1) is 5.56 Å². The van der Waals surface area contributed by atoms with Gasteiger partial charge in [-0.15, -0.1) is 0 Å². The van der Waals surface area contributed by atoms with E-state index >= 15 is 0 Å². The van der Waals surface area contributed by atoms with E-state index in [0.717, 1.165) is 37.4 Å². The molecule has 0 bridgehead atoms. The van der Waals surface area contributed by atoms with Crippen molar-refractivity contribution in [1.82, 2.24) is 4.90 Å². The zero-order valence-corrected chi connectivity index (χ0v) is 10.6. The van der Waals surface area contributed by atoms with Crippen LogP contribution in [-0.2, 0) is 0 Å². The highest BCUT2D eigenvalue weighted by molar-refractivity contribution is 5.99. The second kappa shape index (κ2) is 4.78. The average molecular weight is 232 g/mol. The molecule has 0 aliphatic carbocycles. The van der Waals surface area contributed by atoms with Gasteiger partial charge in [-0.3, -0.25) is 4.79 Å². The van der Waals surface area contributed by atoms with Gasteiger partial charge in [0.1, 0.15) is 0 Å². The quantitative estimate of drug-likeness (QED) is 0.756. The maximum atomic E-state index is 12.3. The van der Waals surface area contributed by atoms with Crippen molar-refractivity contribution in [3.05, 3.63) is 29.3 Å². The third kappa shape index (κ3) is 2.43. The van der Waals surface area contributed by atoms with Gasteiger partial charge in [0.15, 0.2) is 0 Å². The van der Waals surface area contributed by atoms with Crippen molar-refractivity contribution in [3.63, 3.8) is 0 Å². The van der Waals surface area contributed by atoms with Crippen LogP contribution in [0.1, 0.15) is 35.7 Å². The molecule has 3 heteroatoms. The molecule has 2 N–H and O–H groups in total. The van der Waals surface area contributed by atoms with E-state index < -0.39 is 0 Å². The molecule has 0 spiro atoms. The SMILES string of the molecule is Cc1cccc(C(=O)N2CCC(C)CC2)c1N. The molecule has 1 aromatic carbocycles. The number of hydrogen-bond donors (Lipinski definition) is 1. The highest BCUT2D eigenvalue weighted by Gasteiger charge is 2.22. The number of nitrogens with two attached hydrogens (primary N) is 1. The number of carbonyl (C=O) groups is 1. The van der Waals surface area contributed by atoms with Gasteiger partial charge in [-0.05, 0) is 37.3 Å². The normalized spacial score (nSPS) is 17.2. The Morgan fingerprint density at radius 2 is 2.00 bits per heavy atom. The molecule has 0 aromatic heterocycles. The van der Waals surface area contributed by atoms with Crippen LogP contribution in [0.15, 0.2) is 18.2 Å². The van der Waals surface area contributed by atoms with Crippen molar-refractivity contribution < 1.29 is 4.79 Å². The van der Waals surface area contributed by atoms with E-state index in [-0.39, 0.29) is 5.91 Å². The van der Waals surface area contributed by atoms with Crippen LogP contribution in [0.5, 0.6) is 0 Å². The van der Waals surface area contributed by atoms with Crippen LogP contribution in [-0.4, -0.2) is 23.9 Å². The van der Waals surface area contributed by atoms with E-state index in [0.29, 0.717) is 11.3 Å². The number of piperidine rings is 1. The Morgan fingerprint density at radius 3 is 2.65 bits per heavy atom. The summed E-state index contributed by atoms with van der Waals surface area (Å²) in [6.45, 7) is 5.88. The molecule has 1 amide bonds. The summed E-state index contributed by atoms with van der Waals surface area (Å²) in [5, 5.41) is 0. The molecular formula is C14H20N2O. The zero-order chi connectivity index (χ0) is 12.4. The van der Waals surface area contributed by atoms with Crippen LogP contribution in [0.4, 0.5) is 5.69 Å². The Morgan fingerprint density at radius 1 is 1.35 bits per heavy atom. The lowest BCUT2D eigenvalue weighted by Crippen LogP contribution is -2.38. The number of nitrogen functional groups attached to an aromatic ring is 1. The fourth-order valence-corrected chi connectivity index (χ4v) is 2.25. The molecule has 1 aliphatic heterocycles. The number of aryl methyl sites for hydroxylation is 1. The van der Waals surface area contributed by atoms with E-state index in [4.69, 9.17) is 5.73 Å². The van der Waals surface area contributed by atoms with Gasteiger partial charge < -0.3 is 10.6 Å². The van der Waals surface area contributed by atoms with Gasteiger partial charge in [-0.25, -0.2) is 0 Å². The number of rotatable bonds is 1. The Labute approximate surface area is 103 Å². The van der Waals surface area contributed by atoms with Crippen LogP contribution < -0.4 is 5.73 Å². The molecule has 3 nitrogen and oxygen atoms in total. The predicted octanol–water partition coefficient (Wildman–Crippen LogP) is 2.45. The van der Waals surface area contributed by atoms with Crippen LogP contribution in [0.2, 0.25) is 0 Å². The first-order chi connectivity index (χ1) is 8.09. The number of nitrogens with zero attached hydrogens (tertiary/aromatic N) is 1. The molecule has 0 radical (unpaired) electrons. The summed E-state index contributed by atoms with van der Waals surface area (Å²) < 4.78 is 0. The Kier molecular flexibility index (Phi) is 3.36. The molecular weight excluding hydrogens is 212 g/mol. The average Bonchev–Trinajstić information content (AvgIpc) is 2.33. The van der Waals surface area contributed by atoms with Crippen molar-refractivity contribution in [2.45, 2.75) is 26.7 Å². The fourth-order valence-electron chi connectivity index (χ4n) is 2.25. The van der Waals surface area contributed by atoms with Crippen molar-refractivity contribution in [2.75, 3.05) is 18.8 Å². The molecule has 2 rings (SSSR count). The Bertz CT molecular complexity index is 420. The second-order valence-corrected chi connectivity index (χ2v) is 5.01. The summed E-state index contributed by atoms with van der Waals surface area (Å²) in [7, 11) is 0. The minimum Gasteiger partial charge on any atom is -0.398 e. The van der Waals surface area contributed by atoms with Crippen LogP contribution in [0.25, 0.3) is 0 Å². The van der Waals surface area contributed by atoms with Crippen molar-refractivity contribution in [2.24, 2.45) is 5.92 Å². The van der Waals surface area contributed by atoms with Gasteiger partial charge in [-0.2, -0.15) is 0 Å². The van der Waals surface area contributed by atoms with E-state index in [2.05, 4.69) is 6.92 Å². The number of para-hydroxylation sites is 1. The van der Waals surface area contributed by atoms with E-state index in [1.807, 2.05) is 30.0 Å². The molecule has 1 heterocycles. The van der Waals surface area contributed by atoms with Crippen molar-refractivity contribution in [3.8, 4) is 0 Å². The molecule has 17 heavy (non-hydrogen) atoms. The van der Waals surface area contributed by atoms with Crippen LogP contribution >= 0.6 is 0 Å². The predicted molar refractivity (Wildman–Crippen MR) is 69.9 cm³/mol. The lowest BCUT2D eigenvalue weighted by molar-refractivity contribution is 0.0698. The second-order valence-electron chi connectivity index (χ2n) is 5.01. The third-order valence-electron chi connectivity index (χ3n) is 3.63. The molecule has 1 aliphatic rings. The maximum absolute atomic E-state index is 12.3. The lowest BCUT2D eigenvalue weighted by atomic mass is 9.98. The lowest BCUT2D eigenvalue weighted by Gasteiger charge is -2.30. The fraction of sp³-hybridized carbons (Fsp3) is 0.500. The van der Waals surface area contributed by atoms with Gasteiger partial charge in [0.25, 0.3) is 5.91 Å². The number of amides is 1. The summed E-state index contributed by atoms with van der Waals surface area (Å²) in [6, 6.07) is 5.65. The Hall–Kier alpha value is -1.51.